The Morgan fingerprint density at radius 2 is 2.06 bits per heavy atom. The molecule has 0 saturated carbocycles. The summed E-state index contributed by atoms with van der Waals surface area (Å²) in [6.45, 7) is 0. The number of rotatable bonds is 4. The summed E-state index contributed by atoms with van der Waals surface area (Å²) in [7, 11) is -3.64. The van der Waals surface area contributed by atoms with Crippen LogP contribution in [0.15, 0.2) is 24.3 Å². The fourth-order valence-electron chi connectivity index (χ4n) is 1.21. The van der Waals surface area contributed by atoms with Crippen LogP contribution in [-0.2, 0) is 9.84 Å². The zero-order valence-electron chi connectivity index (χ0n) is 8.78. The molecule has 17 heavy (non-hydrogen) atoms. The Bertz CT molecular complexity index is 530. The first-order chi connectivity index (χ1) is 7.73. The van der Waals surface area contributed by atoms with Gasteiger partial charge in [-0.05, 0) is 5.56 Å². The first-order valence-electron chi connectivity index (χ1n) is 4.49. The van der Waals surface area contributed by atoms with Crippen molar-refractivity contribution in [3.63, 3.8) is 0 Å². The minimum absolute atomic E-state index is 0.0876. The van der Waals surface area contributed by atoms with Crippen LogP contribution in [0.3, 0.4) is 0 Å². The van der Waals surface area contributed by atoms with E-state index in [2.05, 4.69) is 0 Å². The molecular formula is C9H10ClNO5S. The van der Waals surface area contributed by atoms with Crippen molar-refractivity contribution in [3.8, 4) is 0 Å². The maximum Gasteiger partial charge on any atom is 0.269 e. The molecule has 1 aromatic rings. The molecule has 0 aliphatic rings. The maximum absolute atomic E-state index is 11.1. The van der Waals surface area contributed by atoms with E-state index in [-0.39, 0.29) is 11.3 Å². The van der Waals surface area contributed by atoms with E-state index in [9.17, 15) is 23.6 Å². The lowest BCUT2D eigenvalue weighted by Crippen LogP contribution is -2.21. The number of aliphatic hydroxyl groups is 1. The molecule has 1 rings (SSSR count). The molecule has 0 amide bonds. The fourth-order valence-corrected chi connectivity index (χ4v) is 1.98. The molecule has 0 aromatic heterocycles. The van der Waals surface area contributed by atoms with E-state index in [0.717, 1.165) is 12.3 Å². The zero-order valence-corrected chi connectivity index (χ0v) is 10.4. The summed E-state index contributed by atoms with van der Waals surface area (Å²) in [5.41, 5.74) is -0.149. The first-order valence-corrected chi connectivity index (χ1v) is 6.88. The van der Waals surface area contributed by atoms with Gasteiger partial charge in [0.05, 0.1) is 4.92 Å². The van der Waals surface area contributed by atoms with Gasteiger partial charge in [-0.2, -0.15) is 0 Å². The van der Waals surface area contributed by atoms with Crippen molar-refractivity contribution in [2.24, 2.45) is 0 Å². The molecule has 0 bridgehead atoms. The lowest BCUT2D eigenvalue weighted by Gasteiger charge is -2.15. The molecule has 0 spiro atoms. The number of non-ortho nitro benzene ring substituents is 1. The van der Waals surface area contributed by atoms with Gasteiger partial charge in [-0.15, -0.1) is 11.6 Å². The van der Waals surface area contributed by atoms with Crippen molar-refractivity contribution in [2.45, 2.75) is 10.8 Å². The number of halogens is 1. The predicted octanol–water partition coefficient (Wildman–Crippen LogP) is 1.24. The van der Waals surface area contributed by atoms with Crippen LogP contribution < -0.4 is 0 Å². The number of sulfone groups is 1. The Kier molecular flexibility index (Phi) is 4.07. The van der Waals surface area contributed by atoms with E-state index in [1.165, 1.54) is 18.2 Å². The van der Waals surface area contributed by atoms with Gasteiger partial charge in [0.1, 0.15) is 6.10 Å². The first kappa shape index (κ1) is 13.9. The van der Waals surface area contributed by atoms with E-state index in [0.29, 0.717) is 0 Å². The monoisotopic (exact) mass is 279 g/mol. The quantitative estimate of drug-likeness (QED) is 0.508. The molecule has 2 atom stereocenters. The van der Waals surface area contributed by atoms with Crippen molar-refractivity contribution in [2.75, 3.05) is 6.26 Å². The van der Waals surface area contributed by atoms with Crippen molar-refractivity contribution >= 4 is 27.1 Å². The van der Waals surface area contributed by atoms with Gasteiger partial charge in [-0.25, -0.2) is 8.42 Å². The number of benzene rings is 1. The molecule has 1 aromatic carbocycles. The largest absolute Gasteiger partial charge is 0.386 e. The number of aliphatic hydroxyl groups excluding tert-OH is 1. The summed E-state index contributed by atoms with van der Waals surface area (Å²) in [6.07, 6.45) is -0.628. The second-order valence-corrected chi connectivity index (χ2v) is 6.37. The highest BCUT2D eigenvalue weighted by Gasteiger charge is 2.28. The highest BCUT2D eigenvalue weighted by molar-refractivity contribution is 7.92. The van der Waals surface area contributed by atoms with Crippen LogP contribution >= 0.6 is 11.6 Å². The van der Waals surface area contributed by atoms with E-state index < -0.39 is 25.6 Å². The second kappa shape index (κ2) is 4.99. The van der Waals surface area contributed by atoms with Crippen LogP contribution in [0.2, 0.25) is 0 Å². The van der Waals surface area contributed by atoms with Gasteiger partial charge in [0, 0.05) is 18.4 Å². The number of nitro groups is 1. The molecule has 0 heterocycles. The minimum Gasteiger partial charge on any atom is -0.386 e. The number of hydrogen-bond acceptors (Lipinski definition) is 5. The maximum atomic E-state index is 11.1. The van der Waals surface area contributed by atoms with Crippen LogP contribution in [0.1, 0.15) is 11.7 Å². The average molecular weight is 280 g/mol. The van der Waals surface area contributed by atoms with Crippen molar-refractivity contribution in [3.05, 3.63) is 39.9 Å². The molecule has 0 radical (unpaired) electrons. The summed E-state index contributed by atoms with van der Waals surface area (Å²) in [5, 5.41) is 20.2. The van der Waals surface area contributed by atoms with E-state index in [1.807, 2.05) is 0 Å². The molecule has 0 aliphatic carbocycles. The molecule has 8 heteroatoms. The van der Waals surface area contributed by atoms with Crippen LogP contribution in [-0.4, -0.2) is 29.4 Å². The molecule has 6 nitrogen and oxygen atoms in total. The summed E-state index contributed by atoms with van der Waals surface area (Å²) in [4.78, 5) is 9.88. The molecule has 0 aliphatic heterocycles. The fraction of sp³-hybridized carbons (Fsp3) is 0.333. The third-order valence-corrected chi connectivity index (χ3v) is 4.37. The van der Waals surface area contributed by atoms with E-state index >= 15 is 0 Å². The highest BCUT2D eigenvalue weighted by Crippen LogP contribution is 2.27. The summed E-state index contributed by atoms with van der Waals surface area (Å²) in [5.74, 6) is 0. The van der Waals surface area contributed by atoms with Gasteiger partial charge in [0.2, 0.25) is 0 Å². The minimum atomic E-state index is -3.64. The van der Waals surface area contributed by atoms with Crippen LogP contribution in [0.4, 0.5) is 5.69 Å². The molecular weight excluding hydrogens is 270 g/mol. The van der Waals surface area contributed by atoms with Gasteiger partial charge in [-0.3, -0.25) is 10.1 Å². The Morgan fingerprint density at radius 1 is 1.47 bits per heavy atom. The van der Waals surface area contributed by atoms with E-state index in [4.69, 9.17) is 11.6 Å². The topological polar surface area (TPSA) is 97.5 Å². The standard InChI is InChI=1S/C9H10ClNO5S/c1-17(15,16)9(10)8(12)6-3-2-4-7(5-6)11(13)14/h2-5,8-9,12H,1H3/t8-,9-/m0/s1. The smallest absolute Gasteiger partial charge is 0.269 e. The van der Waals surface area contributed by atoms with E-state index in [1.54, 1.807) is 0 Å². The van der Waals surface area contributed by atoms with Gasteiger partial charge in [-0.1, -0.05) is 12.1 Å². The average Bonchev–Trinajstić information content (AvgIpc) is 2.26. The van der Waals surface area contributed by atoms with Gasteiger partial charge < -0.3 is 5.11 Å². The number of nitro benzene ring substituents is 1. The lowest BCUT2D eigenvalue weighted by molar-refractivity contribution is -0.385. The summed E-state index contributed by atoms with van der Waals surface area (Å²) >= 11 is 5.57. The number of hydrogen-bond donors (Lipinski definition) is 1. The Hall–Kier alpha value is -1.18. The van der Waals surface area contributed by atoms with Crippen LogP contribution in [0, 0.1) is 10.1 Å². The SMILES string of the molecule is CS(=O)(=O)[C@H](Cl)[C@@H](O)c1cccc([N+](=O)[O-])c1. The molecule has 1 N–H and O–H groups in total. The van der Waals surface area contributed by atoms with Gasteiger partial charge in [0.25, 0.3) is 5.69 Å². The Morgan fingerprint density at radius 3 is 2.53 bits per heavy atom. The lowest BCUT2D eigenvalue weighted by atomic mass is 10.1. The summed E-state index contributed by atoms with van der Waals surface area (Å²) in [6, 6.07) is 5.05. The Labute approximate surface area is 103 Å². The van der Waals surface area contributed by atoms with Gasteiger partial charge >= 0.3 is 0 Å². The molecule has 94 valence electrons. The zero-order chi connectivity index (χ0) is 13.2. The summed E-state index contributed by atoms with van der Waals surface area (Å²) < 4.78 is 20.7. The normalized spacial score (nSPS) is 15.2. The third kappa shape index (κ3) is 3.39. The molecule has 0 saturated heterocycles. The second-order valence-electron chi connectivity index (χ2n) is 3.48. The highest BCUT2D eigenvalue weighted by atomic mass is 35.5. The van der Waals surface area contributed by atoms with Crippen LogP contribution in [0.25, 0.3) is 0 Å². The van der Waals surface area contributed by atoms with Crippen molar-refractivity contribution < 1.29 is 18.4 Å². The number of alkyl halides is 1. The third-order valence-electron chi connectivity index (χ3n) is 2.08. The van der Waals surface area contributed by atoms with Crippen molar-refractivity contribution in [1.29, 1.82) is 0 Å². The van der Waals surface area contributed by atoms with Crippen LogP contribution in [0.5, 0.6) is 0 Å². The predicted molar refractivity (Wildman–Crippen MR) is 62.5 cm³/mol. The molecule has 0 fully saturated rings. The number of nitrogens with zero attached hydrogens (tertiary/aromatic N) is 1. The van der Waals surface area contributed by atoms with Gasteiger partial charge in [0.15, 0.2) is 14.5 Å². The van der Waals surface area contributed by atoms with Crippen molar-refractivity contribution in [1.82, 2.24) is 0 Å². The Balaban J connectivity index is 3.09. The molecule has 0 unspecified atom stereocenters.